The number of hydrogen-bond acceptors (Lipinski definition) is 5. The maximum absolute atomic E-state index is 4.54. The molecule has 2 heterocycles. The fraction of sp³-hybridized carbons (Fsp3) is 0.312. The molecule has 1 aromatic carbocycles. The molecule has 3 rings (SSSR count). The van der Waals surface area contributed by atoms with Gasteiger partial charge < -0.3 is 4.90 Å². The highest BCUT2D eigenvalue weighted by atomic mass is 32.1. The normalized spacial score (nSPS) is 11.4. The molecule has 4 nitrogen and oxygen atoms in total. The Morgan fingerprint density at radius 3 is 2.81 bits per heavy atom. The Balaban J connectivity index is 1.59. The van der Waals surface area contributed by atoms with Crippen molar-refractivity contribution in [3.05, 3.63) is 53.3 Å². The third-order valence-electron chi connectivity index (χ3n) is 3.47. The molecule has 0 saturated carbocycles. The van der Waals surface area contributed by atoms with E-state index in [2.05, 4.69) is 49.9 Å². The first-order valence-corrected chi connectivity index (χ1v) is 7.76. The van der Waals surface area contributed by atoms with Crippen LogP contribution < -0.4 is 0 Å². The Labute approximate surface area is 128 Å². The quantitative estimate of drug-likeness (QED) is 0.726. The fourth-order valence-electron chi connectivity index (χ4n) is 2.36. The molecule has 0 unspecified atom stereocenters. The molecule has 0 bridgehead atoms. The number of benzene rings is 1. The first kappa shape index (κ1) is 14.1. The summed E-state index contributed by atoms with van der Waals surface area (Å²) in [5.74, 6) is 0. The van der Waals surface area contributed by atoms with E-state index >= 15 is 0 Å². The van der Waals surface area contributed by atoms with E-state index < -0.39 is 0 Å². The summed E-state index contributed by atoms with van der Waals surface area (Å²) in [6.07, 6.45) is 0.971. The van der Waals surface area contributed by atoms with Crippen molar-refractivity contribution in [2.75, 3.05) is 13.6 Å². The van der Waals surface area contributed by atoms with Crippen LogP contribution in [0.25, 0.3) is 11.0 Å². The van der Waals surface area contributed by atoms with Crippen LogP contribution in [-0.4, -0.2) is 32.2 Å². The van der Waals surface area contributed by atoms with Crippen LogP contribution in [0.5, 0.6) is 0 Å². The van der Waals surface area contributed by atoms with Crippen LogP contribution in [0.3, 0.4) is 0 Å². The summed E-state index contributed by atoms with van der Waals surface area (Å²) in [7, 11) is 2.14. The van der Waals surface area contributed by atoms with E-state index in [-0.39, 0.29) is 0 Å². The number of likely N-dealkylation sites (N-methyl/N-ethyl adjacent to an activating group) is 1. The van der Waals surface area contributed by atoms with Gasteiger partial charge in [-0.25, -0.2) is 0 Å². The molecule has 5 heteroatoms. The maximum Gasteiger partial charge on any atom is 0.105 e. The topological polar surface area (TPSA) is 41.9 Å². The number of rotatable bonds is 5. The molecule has 21 heavy (non-hydrogen) atoms. The average Bonchev–Trinajstić information content (AvgIpc) is 2.93. The van der Waals surface area contributed by atoms with E-state index in [1.807, 2.05) is 19.1 Å². The summed E-state index contributed by atoms with van der Waals surface area (Å²) in [4.78, 5) is 6.85. The second kappa shape index (κ2) is 6.28. The van der Waals surface area contributed by atoms with Crippen LogP contribution in [0.4, 0.5) is 0 Å². The van der Waals surface area contributed by atoms with Crippen LogP contribution >= 0.6 is 11.7 Å². The number of aryl methyl sites for hydroxylation is 1. The summed E-state index contributed by atoms with van der Waals surface area (Å²) in [5, 5.41) is 0. The first-order valence-electron chi connectivity index (χ1n) is 7.03. The van der Waals surface area contributed by atoms with Crippen LogP contribution in [-0.2, 0) is 13.0 Å². The lowest BCUT2D eigenvalue weighted by Crippen LogP contribution is -2.21. The Kier molecular flexibility index (Phi) is 4.22. The SMILES string of the molecule is Cc1cccc(CCN(C)Cc2ccc3nsnc3c2)n1. The molecule has 0 radical (unpaired) electrons. The molecule has 108 valence electrons. The van der Waals surface area contributed by atoms with Crippen LogP contribution in [0.2, 0.25) is 0 Å². The van der Waals surface area contributed by atoms with Gasteiger partial charge in [-0.3, -0.25) is 4.98 Å². The first-order chi connectivity index (χ1) is 10.2. The molecule has 0 saturated heterocycles. The zero-order valence-electron chi connectivity index (χ0n) is 12.3. The van der Waals surface area contributed by atoms with Gasteiger partial charge in [-0.15, -0.1) is 0 Å². The van der Waals surface area contributed by atoms with Crippen molar-refractivity contribution in [3.63, 3.8) is 0 Å². The van der Waals surface area contributed by atoms with Crippen molar-refractivity contribution >= 4 is 22.8 Å². The highest BCUT2D eigenvalue weighted by molar-refractivity contribution is 7.00. The van der Waals surface area contributed by atoms with Crippen molar-refractivity contribution in [1.82, 2.24) is 18.6 Å². The summed E-state index contributed by atoms with van der Waals surface area (Å²) in [6, 6.07) is 12.5. The lowest BCUT2D eigenvalue weighted by atomic mass is 10.2. The van der Waals surface area contributed by atoms with Crippen molar-refractivity contribution in [1.29, 1.82) is 0 Å². The zero-order valence-corrected chi connectivity index (χ0v) is 13.1. The number of hydrogen-bond donors (Lipinski definition) is 0. The van der Waals surface area contributed by atoms with Gasteiger partial charge in [-0.05, 0) is 43.8 Å². The highest BCUT2D eigenvalue weighted by Gasteiger charge is 2.05. The van der Waals surface area contributed by atoms with Gasteiger partial charge in [0.15, 0.2) is 0 Å². The van der Waals surface area contributed by atoms with Crippen LogP contribution in [0.15, 0.2) is 36.4 Å². The van der Waals surface area contributed by atoms with Crippen LogP contribution in [0, 0.1) is 6.92 Å². The molecule has 0 fully saturated rings. The minimum Gasteiger partial charge on any atom is -0.302 e. The van der Waals surface area contributed by atoms with Crippen molar-refractivity contribution < 1.29 is 0 Å². The molecule has 0 atom stereocenters. The number of aromatic nitrogens is 3. The van der Waals surface area contributed by atoms with E-state index in [1.165, 1.54) is 17.3 Å². The summed E-state index contributed by atoms with van der Waals surface area (Å²) >= 11 is 1.27. The van der Waals surface area contributed by atoms with E-state index in [1.54, 1.807) is 0 Å². The number of pyridine rings is 1. The number of nitrogens with zero attached hydrogens (tertiary/aromatic N) is 4. The second-order valence-electron chi connectivity index (χ2n) is 5.35. The summed E-state index contributed by atoms with van der Waals surface area (Å²) in [6.45, 7) is 3.94. The standard InChI is InChI=1S/C16H18N4S/c1-12-4-3-5-14(17-12)8-9-20(2)11-13-6-7-15-16(10-13)19-21-18-15/h3-7,10H,8-9,11H2,1-2H3. The lowest BCUT2D eigenvalue weighted by Gasteiger charge is -2.16. The van der Waals surface area contributed by atoms with Gasteiger partial charge in [-0.2, -0.15) is 8.75 Å². The fourth-order valence-corrected chi connectivity index (χ4v) is 2.88. The average molecular weight is 298 g/mol. The minimum atomic E-state index is 0.916. The molecule has 0 aliphatic heterocycles. The van der Waals surface area contributed by atoms with Gasteiger partial charge in [0.1, 0.15) is 11.0 Å². The van der Waals surface area contributed by atoms with Crippen molar-refractivity contribution in [3.8, 4) is 0 Å². The summed E-state index contributed by atoms with van der Waals surface area (Å²) in [5.41, 5.74) is 5.48. The predicted molar refractivity (Wildman–Crippen MR) is 86.4 cm³/mol. The molecular weight excluding hydrogens is 280 g/mol. The molecule has 2 aromatic heterocycles. The summed E-state index contributed by atoms with van der Waals surface area (Å²) < 4.78 is 8.52. The second-order valence-corrected chi connectivity index (χ2v) is 5.87. The maximum atomic E-state index is 4.54. The lowest BCUT2D eigenvalue weighted by molar-refractivity contribution is 0.330. The van der Waals surface area contributed by atoms with E-state index in [4.69, 9.17) is 0 Å². The number of fused-ring (bicyclic) bond motifs is 1. The van der Waals surface area contributed by atoms with Crippen LogP contribution in [0.1, 0.15) is 17.0 Å². The highest BCUT2D eigenvalue weighted by Crippen LogP contribution is 2.14. The van der Waals surface area contributed by atoms with E-state index in [0.717, 1.165) is 41.9 Å². The van der Waals surface area contributed by atoms with Gasteiger partial charge in [0, 0.05) is 30.9 Å². The monoisotopic (exact) mass is 298 g/mol. The van der Waals surface area contributed by atoms with Gasteiger partial charge in [0.25, 0.3) is 0 Å². The third kappa shape index (κ3) is 3.62. The molecule has 3 aromatic rings. The van der Waals surface area contributed by atoms with Gasteiger partial charge in [0.2, 0.25) is 0 Å². The van der Waals surface area contributed by atoms with Crippen molar-refractivity contribution in [2.45, 2.75) is 19.9 Å². The van der Waals surface area contributed by atoms with Gasteiger partial charge in [-0.1, -0.05) is 12.1 Å². The van der Waals surface area contributed by atoms with Gasteiger partial charge >= 0.3 is 0 Å². The molecule has 0 amide bonds. The third-order valence-corrected chi connectivity index (χ3v) is 4.02. The molecule has 0 N–H and O–H groups in total. The predicted octanol–water partition coefficient (Wildman–Crippen LogP) is 3.07. The molecule has 0 aliphatic carbocycles. The molecule has 0 aliphatic rings. The smallest absolute Gasteiger partial charge is 0.105 e. The van der Waals surface area contributed by atoms with E-state index in [9.17, 15) is 0 Å². The Hall–Kier alpha value is -1.85. The minimum absolute atomic E-state index is 0.916. The largest absolute Gasteiger partial charge is 0.302 e. The van der Waals surface area contributed by atoms with E-state index in [0.29, 0.717) is 0 Å². The Morgan fingerprint density at radius 1 is 1.10 bits per heavy atom. The molecule has 0 spiro atoms. The Bertz CT molecular complexity index is 738. The van der Waals surface area contributed by atoms with Crippen molar-refractivity contribution in [2.24, 2.45) is 0 Å². The zero-order chi connectivity index (χ0) is 14.7. The Morgan fingerprint density at radius 2 is 1.95 bits per heavy atom. The van der Waals surface area contributed by atoms with Gasteiger partial charge in [0.05, 0.1) is 11.7 Å². The molecular formula is C16H18N4S.